The van der Waals surface area contributed by atoms with Gasteiger partial charge in [0.05, 0.1) is 17.2 Å². The molecule has 2 rings (SSSR count). The van der Waals surface area contributed by atoms with E-state index in [0.29, 0.717) is 18.8 Å². The maximum absolute atomic E-state index is 11.3. The van der Waals surface area contributed by atoms with E-state index in [4.69, 9.17) is 0 Å². The van der Waals surface area contributed by atoms with Crippen molar-refractivity contribution in [3.63, 3.8) is 0 Å². The van der Waals surface area contributed by atoms with Crippen LogP contribution in [0.5, 0.6) is 0 Å². The smallest absolute Gasteiger partial charge is 0.240 e. The Bertz CT molecular complexity index is 531. The Hall–Kier alpha value is -1.65. The van der Waals surface area contributed by atoms with Gasteiger partial charge in [-0.25, -0.2) is 13.2 Å². The molecule has 0 atom stereocenters. The van der Waals surface area contributed by atoms with E-state index in [9.17, 15) is 13.2 Å². The molecule has 0 aromatic heterocycles. The number of aliphatic imine (C=N–C) groups is 1. The van der Waals surface area contributed by atoms with E-state index in [1.165, 1.54) is 6.08 Å². The highest BCUT2D eigenvalue weighted by molar-refractivity contribution is 7.91. The molecule has 0 unspecified atom stereocenters. The second-order valence-corrected chi connectivity index (χ2v) is 6.16. The highest BCUT2D eigenvalue weighted by Gasteiger charge is 2.21. The maximum Gasteiger partial charge on any atom is 0.240 e. The summed E-state index contributed by atoms with van der Waals surface area (Å²) in [6.07, 6.45) is 1.48. The van der Waals surface area contributed by atoms with Gasteiger partial charge in [-0.2, -0.15) is 4.99 Å². The molecule has 1 aliphatic heterocycles. The summed E-state index contributed by atoms with van der Waals surface area (Å²) in [5.74, 6) is 0.391. The van der Waals surface area contributed by atoms with Crippen LogP contribution < -0.4 is 4.90 Å². The van der Waals surface area contributed by atoms with E-state index in [-0.39, 0.29) is 11.5 Å². The Kier molecular flexibility index (Phi) is 3.26. The van der Waals surface area contributed by atoms with Gasteiger partial charge in [-0.3, -0.25) is 0 Å². The van der Waals surface area contributed by atoms with Gasteiger partial charge >= 0.3 is 0 Å². The Morgan fingerprint density at radius 1 is 1.12 bits per heavy atom. The van der Waals surface area contributed by atoms with Crippen molar-refractivity contribution in [2.45, 2.75) is 0 Å². The molecular formula is C11H12N2O3S. The predicted molar refractivity (Wildman–Crippen MR) is 65.1 cm³/mol. The quantitative estimate of drug-likeness (QED) is 0.579. The van der Waals surface area contributed by atoms with Gasteiger partial charge < -0.3 is 4.90 Å². The van der Waals surface area contributed by atoms with E-state index in [1.807, 2.05) is 17.0 Å². The largest absolute Gasteiger partial charge is 0.369 e. The zero-order chi connectivity index (χ0) is 12.3. The highest BCUT2D eigenvalue weighted by Crippen LogP contribution is 2.21. The van der Waals surface area contributed by atoms with Gasteiger partial charge in [0, 0.05) is 18.8 Å². The number of nitrogens with zero attached hydrogens (tertiary/aromatic N) is 2. The average molecular weight is 252 g/mol. The number of isocyanates is 1. The summed E-state index contributed by atoms with van der Waals surface area (Å²) in [6, 6.07) is 7.08. The van der Waals surface area contributed by atoms with Gasteiger partial charge in [0.1, 0.15) is 0 Å². The molecule has 0 radical (unpaired) electrons. The topological polar surface area (TPSA) is 66.8 Å². The van der Waals surface area contributed by atoms with E-state index in [0.717, 1.165) is 5.69 Å². The second-order valence-electron chi connectivity index (χ2n) is 3.86. The van der Waals surface area contributed by atoms with Crippen molar-refractivity contribution in [3.8, 4) is 0 Å². The molecule has 1 fully saturated rings. The SMILES string of the molecule is O=C=Nc1ccc(N2CCS(=O)(=O)CC2)cc1. The molecule has 0 amide bonds. The first kappa shape index (κ1) is 11.8. The van der Waals surface area contributed by atoms with Crippen molar-refractivity contribution in [3.05, 3.63) is 24.3 Å². The van der Waals surface area contributed by atoms with Crippen LogP contribution in [-0.2, 0) is 14.6 Å². The number of anilines is 1. The van der Waals surface area contributed by atoms with Gasteiger partial charge in [-0.1, -0.05) is 0 Å². The third kappa shape index (κ3) is 2.93. The zero-order valence-corrected chi connectivity index (χ0v) is 9.98. The summed E-state index contributed by atoms with van der Waals surface area (Å²) in [5.41, 5.74) is 1.50. The highest BCUT2D eigenvalue weighted by atomic mass is 32.2. The van der Waals surface area contributed by atoms with Crippen LogP contribution in [0.3, 0.4) is 0 Å². The standard InChI is InChI=1S/C11H12N2O3S/c14-9-12-10-1-3-11(4-2-10)13-5-7-17(15,16)8-6-13/h1-4H,5-8H2. The molecule has 6 heteroatoms. The van der Waals surface area contributed by atoms with E-state index in [2.05, 4.69) is 4.99 Å². The number of sulfone groups is 1. The molecule has 0 bridgehead atoms. The van der Waals surface area contributed by atoms with Crippen LogP contribution in [0, 0.1) is 0 Å². The van der Waals surface area contributed by atoms with Gasteiger partial charge in [0.15, 0.2) is 9.84 Å². The molecule has 1 aliphatic rings. The van der Waals surface area contributed by atoms with Crippen molar-refractivity contribution in [2.75, 3.05) is 29.5 Å². The Morgan fingerprint density at radius 3 is 2.24 bits per heavy atom. The van der Waals surface area contributed by atoms with E-state index in [1.54, 1.807) is 12.1 Å². The normalized spacial score (nSPS) is 18.5. The third-order valence-corrected chi connectivity index (χ3v) is 4.34. The van der Waals surface area contributed by atoms with Crippen molar-refractivity contribution < 1.29 is 13.2 Å². The van der Waals surface area contributed by atoms with Crippen molar-refractivity contribution in [1.29, 1.82) is 0 Å². The number of carbonyl (C=O) groups excluding carboxylic acids is 1. The second kappa shape index (κ2) is 4.69. The molecule has 1 aromatic carbocycles. The van der Waals surface area contributed by atoms with E-state index >= 15 is 0 Å². The Morgan fingerprint density at radius 2 is 1.71 bits per heavy atom. The molecule has 1 aromatic rings. The van der Waals surface area contributed by atoms with Gasteiger partial charge in [-0.15, -0.1) is 0 Å². The molecule has 0 saturated carbocycles. The fourth-order valence-corrected chi connectivity index (χ4v) is 2.96. The van der Waals surface area contributed by atoms with Crippen molar-refractivity contribution in [1.82, 2.24) is 0 Å². The number of rotatable bonds is 2. The minimum atomic E-state index is -2.85. The zero-order valence-electron chi connectivity index (χ0n) is 9.17. The summed E-state index contributed by atoms with van der Waals surface area (Å²) in [4.78, 5) is 15.6. The Labute approximate surface area is 99.7 Å². The predicted octanol–water partition coefficient (Wildman–Crippen LogP) is 0.889. The third-order valence-electron chi connectivity index (χ3n) is 2.73. The van der Waals surface area contributed by atoms with Crippen LogP contribution in [0.25, 0.3) is 0 Å². The fourth-order valence-electron chi connectivity index (χ4n) is 1.76. The maximum atomic E-state index is 11.3. The summed E-state index contributed by atoms with van der Waals surface area (Å²) < 4.78 is 22.6. The summed E-state index contributed by atoms with van der Waals surface area (Å²) in [6.45, 7) is 1.03. The van der Waals surface area contributed by atoms with Crippen LogP contribution in [0.1, 0.15) is 0 Å². The minimum Gasteiger partial charge on any atom is -0.369 e. The molecule has 5 nitrogen and oxygen atoms in total. The number of hydrogen-bond acceptors (Lipinski definition) is 5. The first-order chi connectivity index (χ1) is 8.11. The molecular weight excluding hydrogens is 240 g/mol. The van der Waals surface area contributed by atoms with E-state index < -0.39 is 9.84 Å². The molecule has 1 saturated heterocycles. The van der Waals surface area contributed by atoms with Crippen LogP contribution in [0.2, 0.25) is 0 Å². The molecule has 0 N–H and O–H groups in total. The lowest BCUT2D eigenvalue weighted by atomic mass is 10.2. The lowest BCUT2D eigenvalue weighted by Crippen LogP contribution is -2.40. The van der Waals surface area contributed by atoms with Crippen molar-refractivity contribution in [2.24, 2.45) is 4.99 Å². The summed E-state index contributed by atoms with van der Waals surface area (Å²) in [5, 5.41) is 0. The molecule has 0 spiro atoms. The molecule has 1 heterocycles. The average Bonchev–Trinajstić information content (AvgIpc) is 2.31. The van der Waals surface area contributed by atoms with Crippen LogP contribution in [0.4, 0.5) is 11.4 Å². The molecule has 0 aliphatic carbocycles. The first-order valence-corrected chi connectivity index (χ1v) is 7.06. The molecule has 90 valence electrons. The minimum absolute atomic E-state index is 0.196. The van der Waals surface area contributed by atoms with Crippen LogP contribution >= 0.6 is 0 Å². The fraction of sp³-hybridized carbons (Fsp3) is 0.364. The van der Waals surface area contributed by atoms with Crippen molar-refractivity contribution >= 4 is 27.3 Å². The first-order valence-electron chi connectivity index (χ1n) is 5.24. The van der Waals surface area contributed by atoms with Crippen LogP contribution in [-0.4, -0.2) is 39.1 Å². The van der Waals surface area contributed by atoms with Crippen LogP contribution in [0.15, 0.2) is 29.3 Å². The Balaban J connectivity index is 2.11. The lowest BCUT2D eigenvalue weighted by Gasteiger charge is -2.28. The summed E-state index contributed by atoms with van der Waals surface area (Å²) in [7, 11) is -2.85. The lowest BCUT2D eigenvalue weighted by molar-refractivity contribution is 0.565. The number of benzene rings is 1. The van der Waals surface area contributed by atoms with Gasteiger partial charge in [-0.05, 0) is 24.3 Å². The van der Waals surface area contributed by atoms with Gasteiger partial charge in [0.2, 0.25) is 6.08 Å². The monoisotopic (exact) mass is 252 g/mol. The summed E-state index contributed by atoms with van der Waals surface area (Å²) >= 11 is 0. The number of hydrogen-bond donors (Lipinski definition) is 0. The van der Waals surface area contributed by atoms with Gasteiger partial charge in [0.25, 0.3) is 0 Å². The molecule has 17 heavy (non-hydrogen) atoms.